The van der Waals surface area contributed by atoms with Crippen LogP contribution in [-0.2, 0) is 16.8 Å². The number of hydrogen-bond donors (Lipinski definition) is 2. The molecule has 30 heavy (non-hydrogen) atoms. The summed E-state index contributed by atoms with van der Waals surface area (Å²) in [6, 6.07) is 10.0. The maximum atomic E-state index is 12.9. The number of pyridine rings is 1. The number of aliphatic hydroxyl groups is 1. The fourth-order valence-corrected chi connectivity index (χ4v) is 3.27. The SMILES string of the molecule is C=CCc1ccc(OC[C@@H](O)CN2C(=O)N[C@@](C)(c3ccccn3)C2=O)c(OC)c1. The van der Waals surface area contributed by atoms with Gasteiger partial charge in [-0.1, -0.05) is 18.2 Å². The molecule has 8 nitrogen and oxygen atoms in total. The first-order valence-corrected chi connectivity index (χ1v) is 9.53. The lowest BCUT2D eigenvalue weighted by molar-refractivity contribution is -0.132. The molecule has 8 heteroatoms. The van der Waals surface area contributed by atoms with Crippen LogP contribution in [0.25, 0.3) is 0 Å². The lowest BCUT2D eigenvalue weighted by Crippen LogP contribution is -2.43. The Labute approximate surface area is 175 Å². The van der Waals surface area contributed by atoms with Gasteiger partial charge in [0.05, 0.1) is 19.3 Å². The summed E-state index contributed by atoms with van der Waals surface area (Å²) in [6.45, 7) is 4.98. The number of nitrogens with zero attached hydrogens (tertiary/aromatic N) is 2. The number of β-amino-alcohol motifs (C(OH)–C–C–N with tert-alkyl or cyclic N) is 1. The third kappa shape index (κ3) is 4.28. The second kappa shape index (κ2) is 8.96. The van der Waals surface area contributed by atoms with E-state index in [-0.39, 0.29) is 13.2 Å². The van der Waals surface area contributed by atoms with Gasteiger partial charge in [0.2, 0.25) is 0 Å². The zero-order valence-corrected chi connectivity index (χ0v) is 17.0. The van der Waals surface area contributed by atoms with Crippen LogP contribution in [0.4, 0.5) is 4.79 Å². The van der Waals surface area contributed by atoms with Gasteiger partial charge in [-0.3, -0.25) is 14.7 Å². The molecule has 1 fully saturated rings. The van der Waals surface area contributed by atoms with Crippen molar-refractivity contribution in [3.05, 3.63) is 66.5 Å². The number of methoxy groups -OCH3 is 1. The number of allylic oxidation sites excluding steroid dienone is 1. The fourth-order valence-electron chi connectivity index (χ4n) is 3.27. The Morgan fingerprint density at radius 3 is 2.77 bits per heavy atom. The minimum Gasteiger partial charge on any atom is -0.493 e. The number of nitrogens with one attached hydrogen (secondary N) is 1. The molecule has 1 aliphatic rings. The highest BCUT2D eigenvalue weighted by molar-refractivity contribution is 6.07. The summed E-state index contributed by atoms with van der Waals surface area (Å²) in [5.41, 5.74) is 0.173. The minimum absolute atomic E-state index is 0.117. The quantitative estimate of drug-likeness (QED) is 0.484. The van der Waals surface area contributed by atoms with Crippen LogP contribution in [0.2, 0.25) is 0 Å². The minimum atomic E-state index is -1.27. The average molecular weight is 411 g/mol. The highest BCUT2D eigenvalue weighted by Crippen LogP contribution is 2.29. The maximum absolute atomic E-state index is 12.9. The van der Waals surface area contributed by atoms with Gasteiger partial charge in [-0.25, -0.2) is 4.79 Å². The Morgan fingerprint density at radius 1 is 1.30 bits per heavy atom. The zero-order chi connectivity index (χ0) is 21.7. The summed E-state index contributed by atoms with van der Waals surface area (Å²) in [4.78, 5) is 30.4. The number of carbonyl (C=O) groups is 2. The molecule has 0 spiro atoms. The average Bonchev–Trinajstić information content (AvgIpc) is 2.97. The zero-order valence-electron chi connectivity index (χ0n) is 17.0. The Hall–Kier alpha value is -3.39. The van der Waals surface area contributed by atoms with Crippen molar-refractivity contribution in [3.63, 3.8) is 0 Å². The Balaban J connectivity index is 1.64. The highest BCUT2D eigenvalue weighted by atomic mass is 16.5. The van der Waals surface area contributed by atoms with Crippen LogP contribution in [-0.4, -0.2) is 53.3 Å². The second-order valence-corrected chi connectivity index (χ2v) is 7.13. The molecule has 3 amide bonds. The van der Waals surface area contributed by atoms with E-state index in [1.54, 1.807) is 43.5 Å². The second-order valence-electron chi connectivity index (χ2n) is 7.13. The molecule has 1 aromatic heterocycles. The molecule has 0 bridgehead atoms. The van der Waals surface area contributed by atoms with Crippen LogP contribution in [0, 0.1) is 0 Å². The molecular weight excluding hydrogens is 386 g/mol. The summed E-state index contributed by atoms with van der Waals surface area (Å²) >= 11 is 0. The first-order chi connectivity index (χ1) is 14.4. The van der Waals surface area contributed by atoms with Gasteiger partial charge in [-0.05, 0) is 43.2 Å². The van der Waals surface area contributed by atoms with E-state index >= 15 is 0 Å². The van der Waals surface area contributed by atoms with Gasteiger partial charge in [-0.2, -0.15) is 0 Å². The molecule has 2 atom stereocenters. The number of hydrogen-bond acceptors (Lipinski definition) is 6. The van der Waals surface area contributed by atoms with E-state index in [1.165, 1.54) is 7.11 Å². The molecule has 2 N–H and O–H groups in total. The predicted molar refractivity (Wildman–Crippen MR) is 110 cm³/mol. The molecule has 3 rings (SSSR count). The third-order valence-electron chi connectivity index (χ3n) is 4.88. The van der Waals surface area contributed by atoms with Crippen molar-refractivity contribution < 1.29 is 24.2 Å². The van der Waals surface area contributed by atoms with Gasteiger partial charge in [-0.15, -0.1) is 6.58 Å². The predicted octanol–water partition coefficient (Wildman–Crippen LogP) is 2.03. The smallest absolute Gasteiger partial charge is 0.325 e. The normalized spacial score (nSPS) is 19.4. The van der Waals surface area contributed by atoms with Crippen molar-refractivity contribution in [2.75, 3.05) is 20.3 Å². The molecule has 0 aliphatic carbocycles. The van der Waals surface area contributed by atoms with Gasteiger partial charge in [0.15, 0.2) is 17.0 Å². The van der Waals surface area contributed by atoms with E-state index in [4.69, 9.17) is 9.47 Å². The van der Waals surface area contributed by atoms with Crippen LogP contribution in [0.5, 0.6) is 11.5 Å². The molecule has 1 aliphatic heterocycles. The topological polar surface area (TPSA) is 101 Å². The Bertz CT molecular complexity index is 934. The summed E-state index contributed by atoms with van der Waals surface area (Å²) in [7, 11) is 1.53. The van der Waals surface area contributed by atoms with Gasteiger partial charge < -0.3 is 19.9 Å². The van der Waals surface area contributed by atoms with Crippen LogP contribution in [0.3, 0.4) is 0 Å². The van der Waals surface area contributed by atoms with E-state index in [0.29, 0.717) is 23.6 Å². The first kappa shape index (κ1) is 21.3. The number of ether oxygens (including phenoxy) is 2. The Kier molecular flexibility index (Phi) is 6.37. The van der Waals surface area contributed by atoms with Crippen LogP contribution >= 0.6 is 0 Å². The van der Waals surface area contributed by atoms with E-state index in [2.05, 4.69) is 16.9 Å². The van der Waals surface area contributed by atoms with Crippen molar-refractivity contribution in [3.8, 4) is 11.5 Å². The van der Waals surface area contributed by atoms with Gasteiger partial charge in [0, 0.05) is 6.20 Å². The van der Waals surface area contributed by atoms with E-state index in [0.717, 1.165) is 10.5 Å². The summed E-state index contributed by atoms with van der Waals surface area (Å²) in [5.74, 6) is 0.510. The molecular formula is C22H25N3O5. The van der Waals surface area contributed by atoms with Crippen LogP contribution in [0.15, 0.2) is 55.3 Å². The Morgan fingerprint density at radius 2 is 2.10 bits per heavy atom. The molecule has 2 heterocycles. The van der Waals surface area contributed by atoms with Crippen molar-refractivity contribution in [2.45, 2.75) is 25.0 Å². The standard InChI is InChI=1S/C22H25N3O5/c1-4-7-15-9-10-17(18(12-15)29-3)30-14-16(26)13-25-20(27)22(2,24-21(25)28)19-8-5-6-11-23-19/h4-6,8-12,16,26H,1,7,13-14H2,2-3H3,(H,24,28)/t16-,22-/m0/s1. The molecule has 0 unspecified atom stereocenters. The fraction of sp³-hybridized carbons (Fsp3) is 0.318. The molecule has 0 radical (unpaired) electrons. The number of aliphatic hydroxyl groups excluding tert-OH is 1. The largest absolute Gasteiger partial charge is 0.493 e. The van der Waals surface area contributed by atoms with Gasteiger partial charge >= 0.3 is 6.03 Å². The number of amides is 3. The third-order valence-corrected chi connectivity index (χ3v) is 4.88. The van der Waals surface area contributed by atoms with Crippen LogP contribution < -0.4 is 14.8 Å². The molecule has 158 valence electrons. The van der Waals surface area contributed by atoms with Crippen molar-refractivity contribution in [1.82, 2.24) is 15.2 Å². The van der Waals surface area contributed by atoms with Gasteiger partial charge in [0.25, 0.3) is 5.91 Å². The van der Waals surface area contributed by atoms with E-state index in [9.17, 15) is 14.7 Å². The molecule has 0 saturated carbocycles. The first-order valence-electron chi connectivity index (χ1n) is 9.53. The van der Waals surface area contributed by atoms with Gasteiger partial charge in [0.1, 0.15) is 12.7 Å². The monoisotopic (exact) mass is 411 g/mol. The highest BCUT2D eigenvalue weighted by Gasteiger charge is 2.50. The lowest BCUT2D eigenvalue weighted by Gasteiger charge is -2.22. The molecule has 1 aromatic carbocycles. The number of imide groups is 1. The number of carbonyl (C=O) groups excluding carboxylic acids is 2. The number of aromatic nitrogens is 1. The van der Waals surface area contributed by atoms with E-state index in [1.807, 2.05) is 12.1 Å². The van der Waals surface area contributed by atoms with Crippen LogP contribution in [0.1, 0.15) is 18.2 Å². The number of benzene rings is 1. The van der Waals surface area contributed by atoms with Crippen molar-refractivity contribution >= 4 is 11.9 Å². The van der Waals surface area contributed by atoms with Crippen molar-refractivity contribution in [1.29, 1.82) is 0 Å². The maximum Gasteiger partial charge on any atom is 0.325 e. The molecule has 1 saturated heterocycles. The summed E-state index contributed by atoms with van der Waals surface area (Å²) in [5, 5.41) is 13.0. The summed E-state index contributed by atoms with van der Waals surface area (Å²) < 4.78 is 11.0. The number of rotatable bonds is 9. The molecule has 2 aromatic rings. The lowest BCUT2D eigenvalue weighted by atomic mass is 9.97. The van der Waals surface area contributed by atoms with Crippen molar-refractivity contribution in [2.24, 2.45) is 0 Å². The summed E-state index contributed by atoms with van der Waals surface area (Å²) in [6.07, 6.45) is 2.96. The number of urea groups is 1. The van der Waals surface area contributed by atoms with E-state index < -0.39 is 23.6 Å².